The normalized spacial score (nSPS) is 11.4. The van der Waals surface area contributed by atoms with Gasteiger partial charge in [-0.05, 0) is 29.6 Å². The molecule has 0 aliphatic heterocycles. The predicted molar refractivity (Wildman–Crippen MR) is 91.8 cm³/mol. The molecule has 3 aromatic rings. The van der Waals surface area contributed by atoms with Crippen molar-refractivity contribution in [2.45, 2.75) is 11.5 Å². The topological polar surface area (TPSA) is 112 Å². The molecular formula is C15H11ClN2O5S2. The average molecular weight is 399 g/mol. The summed E-state index contributed by atoms with van der Waals surface area (Å²) in [6.45, 7) is -0.124. The van der Waals surface area contributed by atoms with Gasteiger partial charge >= 0.3 is 5.97 Å². The maximum atomic E-state index is 12.1. The van der Waals surface area contributed by atoms with Crippen molar-refractivity contribution in [1.82, 2.24) is 5.16 Å². The quantitative estimate of drug-likeness (QED) is 0.661. The first-order valence-corrected chi connectivity index (χ1v) is 9.64. The highest BCUT2D eigenvalue weighted by molar-refractivity contribution is 7.89. The summed E-state index contributed by atoms with van der Waals surface area (Å²) in [5.41, 5.74) is 0.438. The highest BCUT2D eigenvalue weighted by atomic mass is 35.5. The largest absolute Gasteiger partial charge is 0.455 e. The van der Waals surface area contributed by atoms with Crippen LogP contribution in [-0.2, 0) is 21.4 Å². The van der Waals surface area contributed by atoms with E-state index in [9.17, 15) is 13.2 Å². The summed E-state index contributed by atoms with van der Waals surface area (Å²) in [6.07, 6.45) is 0. The molecule has 2 heterocycles. The van der Waals surface area contributed by atoms with Gasteiger partial charge in [0.1, 0.15) is 17.2 Å². The fourth-order valence-corrected chi connectivity index (χ4v) is 3.73. The van der Waals surface area contributed by atoms with E-state index in [0.717, 1.165) is 10.9 Å². The first kappa shape index (κ1) is 17.6. The molecule has 0 radical (unpaired) electrons. The first-order valence-electron chi connectivity index (χ1n) is 6.83. The van der Waals surface area contributed by atoms with Crippen LogP contribution in [0, 0.1) is 0 Å². The Kier molecular flexibility index (Phi) is 4.91. The van der Waals surface area contributed by atoms with Crippen molar-refractivity contribution in [1.29, 1.82) is 0 Å². The third kappa shape index (κ3) is 4.07. The number of hydrogen-bond acceptors (Lipinski definition) is 7. The minimum Gasteiger partial charge on any atom is -0.455 e. The molecule has 0 atom stereocenters. The van der Waals surface area contributed by atoms with Crippen molar-refractivity contribution in [3.63, 3.8) is 0 Å². The van der Waals surface area contributed by atoms with Crippen LogP contribution >= 0.6 is 22.9 Å². The highest BCUT2D eigenvalue weighted by Gasteiger charge is 2.18. The Bertz CT molecular complexity index is 1010. The van der Waals surface area contributed by atoms with E-state index in [1.165, 1.54) is 23.5 Å². The number of thiophene rings is 1. The molecule has 0 fully saturated rings. The minimum atomic E-state index is -4.04. The van der Waals surface area contributed by atoms with Crippen molar-refractivity contribution >= 4 is 38.9 Å². The van der Waals surface area contributed by atoms with Crippen molar-refractivity contribution < 1.29 is 22.5 Å². The number of benzene rings is 1. The lowest BCUT2D eigenvalue weighted by molar-refractivity contribution is 0.0464. The van der Waals surface area contributed by atoms with Gasteiger partial charge in [0.25, 0.3) is 0 Å². The molecule has 0 aliphatic rings. The maximum absolute atomic E-state index is 12.1. The predicted octanol–water partition coefficient (Wildman–Crippen LogP) is 3.06. The second kappa shape index (κ2) is 6.96. The van der Waals surface area contributed by atoms with Gasteiger partial charge < -0.3 is 9.26 Å². The molecule has 2 aromatic heterocycles. The zero-order valence-electron chi connectivity index (χ0n) is 12.5. The molecule has 0 spiro atoms. The second-order valence-electron chi connectivity index (χ2n) is 4.93. The Balaban J connectivity index is 1.71. The number of sulfonamides is 1. The number of carbonyl (C=O) groups excluding carboxylic acids is 1. The fraction of sp³-hybridized carbons (Fsp3) is 0.0667. The molecule has 0 unspecified atom stereocenters. The van der Waals surface area contributed by atoms with Crippen molar-refractivity contribution in [2.24, 2.45) is 5.14 Å². The number of rotatable bonds is 5. The number of esters is 1. The van der Waals surface area contributed by atoms with Crippen molar-refractivity contribution in [3.8, 4) is 10.6 Å². The van der Waals surface area contributed by atoms with E-state index in [4.69, 9.17) is 26.0 Å². The van der Waals surface area contributed by atoms with Crippen LogP contribution in [0.3, 0.4) is 0 Å². The third-order valence-corrected chi connectivity index (χ3v) is 5.42. The number of nitrogens with zero attached hydrogens (tertiary/aromatic N) is 1. The molecule has 7 nitrogen and oxygen atoms in total. The van der Waals surface area contributed by atoms with Gasteiger partial charge in [-0.2, -0.15) is 0 Å². The lowest BCUT2D eigenvalue weighted by atomic mass is 10.2. The van der Waals surface area contributed by atoms with Crippen LogP contribution < -0.4 is 5.14 Å². The molecule has 3 rings (SSSR count). The zero-order chi connectivity index (χ0) is 18.0. The monoisotopic (exact) mass is 398 g/mol. The Hall–Kier alpha value is -2.20. The van der Waals surface area contributed by atoms with Crippen LogP contribution in [0.15, 0.2) is 51.2 Å². The van der Waals surface area contributed by atoms with Crippen LogP contribution in [0.4, 0.5) is 0 Å². The second-order valence-corrected chi connectivity index (χ2v) is 7.81. The molecular weight excluding hydrogens is 388 g/mol. The maximum Gasteiger partial charge on any atom is 0.338 e. The van der Waals surface area contributed by atoms with Crippen LogP contribution in [0.25, 0.3) is 10.6 Å². The molecule has 1 aromatic carbocycles. The van der Waals surface area contributed by atoms with Crippen molar-refractivity contribution in [2.75, 3.05) is 0 Å². The number of ether oxygens (including phenoxy) is 1. The average Bonchev–Trinajstić information content (AvgIpc) is 3.23. The Labute approximate surface area is 152 Å². The Morgan fingerprint density at radius 3 is 2.80 bits per heavy atom. The van der Waals surface area contributed by atoms with E-state index in [2.05, 4.69) is 5.16 Å². The lowest BCUT2D eigenvalue weighted by Crippen LogP contribution is -2.14. The van der Waals surface area contributed by atoms with Gasteiger partial charge in [-0.25, -0.2) is 18.4 Å². The molecule has 0 bridgehead atoms. The Morgan fingerprint density at radius 2 is 2.12 bits per heavy atom. The summed E-state index contributed by atoms with van der Waals surface area (Å²) >= 11 is 7.27. The number of primary sulfonamides is 1. The van der Waals surface area contributed by atoms with E-state index in [1.54, 1.807) is 6.07 Å². The lowest BCUT2D eigenvalue weighted by Gasteiger charge is -2.06. The Morgan fingerprint density at radius 1 is 1.32 bits per heavy atom. The SMILES string of the molecule is NS(=O)(=O)c1cc(C(=O)OCc2cc(-c3cccs3)on2)ccc1Cl. The zero-order valence-corrected chi connectivity index (χ0v) is 14.9. The highest BCUT2D eigenvalue weighted by Crippen LogP contribution is 2.26. The summed E-state index contributed by atoms with van der Waals surface area (Å²) in [6, 6.07) is 9.11. The third-order valence-electron chi connectivity index (χ3n) is 3.15. The van der Waals surface area contributed by atoms with E-state index in [-0.39, 0.29) is 22.1 Å². The van der Waals surface area contributed by atoms with Gasteiger partial charge in [-0.15, -0.1) is 11.3 Å². The molecule has 0 saturated heterocycles. The van der Waals surface area contributed by atoms with Crippen LogP contribution in [-0.4, -0.2) is 19.5 Å². The van der Waals surface area contributed by atoms with Crippen LogP contribution in [0.2, 0.25) is 5.02 Å². The molecule has 10 heteroatoms. The molecule has 130 valence electrons. The molecule has 0 amide bonds. The van der Waals surface area contributed by atoms with E-state index in [0.29, 0.717) is 11.5 Å². The van der Waals surface area contributed by atoms with Gasteiger partial charge in [0, 0.05) is 6.07 Å². The molecule has 0 aliphatic carbocycles. The fourth-order valence-electron chi connectivity index (χ4n) is 1.99. The first-order chi connectivity index (χ1) is 11.8. The molecule has 25 heavy (non-hydrogen) atoms. The van der Waals surface area contributed by atoms with Crippen LogP contribution in [0.1, 0.15) is 16.1 Å². The van der Waals surface area contributed by atoms with E-state index < -0.39 is 16.0 Å². The number of carbonyl (C=O) groups is 1. The van der Waals surface area contributed by atoms with Gasteiger partial charge in [-0.3, -0.25) is 0 Å². The standard InChI is InChI=1S/C15H11ClN2O5S2/c16-11-4-3-9(6-14(11)25(17,20)21)15(19)22-8-10-7-12(23-18-10)13-2-1-5-24-13/h1-7H,8H2,(H2,17,20,21). The summed E-state index contributed by atoms with van der Waals surface area (Å²) in [5, 5.41) is 10.7. The molecule has 2 N–H and O–H groups in total. The number of halogens is 1. The van der Waals surface area contributed by atoms with Gasteiger partial charge in [0.15, 0.2) is 5.76 Å². The van der Waals surface area contributed by atoms with Gasteiger partial charge in [-0.1, -0.05) is 22.8 Å². The summed E-state index contributed by atoms with van der Waals surface area (Å²) < 4.78 is 33.2. The molecule has 0 saturated carbocycles. The summed E-state index contributed by atoms with van der Waals surface area (Å²) in [5.74, 6) is -0.161. The summed E-state index contributed by atoms with van der Waals surface area (Å²) in [7, 11) is -4.04. The van der Waals surface area contributed by atoms with E-state index >= 15 is 0 Å². The number of hydrogen-bond donors (Lipinski definition) is 1. The number of aromatic nitrogens is 1. The smallest absolute Gasteiger partial charge is 0.338 e. The minimum absolute atomic E-state index is 0.00963. The summed E-state index contributed by atoms with van der Waals surface area (Å²) in [4.78, 5) is 12.6. The van der Waals surface area contributed by atoms with Crippen molar-refractivity contribution in [3.05, 3.63) is 58.1 Å². The van der Waals surface area contributed by atoms with Gasteiger partial charge in [0.05, 0.1) is 15.5 Å². The van der Waals surface area contributed by atoms with Crippen LogP contribution in [0.5, 0.6) is 0 Å². The van der Waals surface area contributed by atoms with E-state index in [1.807, 2.05) is 17.5 Å². The van der Waals surface area contributed by atoms with Gasteiger partial charge in [0.2, 0.25) is 10.0 Å². The number of nitrogens with two attached hydrogens (primary N) is 1.